The van der Waals surface area contributed by atoms with Gasteiger partial charge in [0.1, 0.15) is 5.52 Å². The van der Waals surface area contributed by atoms with Crippen LogP contribution in [0.3, 0.4) is 0 Å². The second kappa shape index (κ2) is 9.25. The number of piperidine rings is 1. The molecule has 0 aromatic carbocycles. The zero-order valence-electron chi connectivity index (χ0n) is 17.0. The van der Waals surface area contributed by atoms with Crippen LogP contribution >= 0.6 is 0 Å². The molecule has 2 aliphatic heterocycles. The Morgan fingerprint density at radius 1 is 1.33 bits per heavy atom. The van der Waals surface area contributed by atoms with E-state index in [2.05, 4.69) is 27.2 Å². The lowest BCUT2D eigenvalue weighted by molar-refractivity contribution is 0.111. The number of pyridine rings is 1. The Labute approximate surface area is 175 Å². The fourth-order valence-corrected chi connectivity index (χ4v) is 4.05. The number of carbonyl (C=O) groups is 1. The summed E-state index contributed by atoms with van der Waals surface area (Å²) in [5, 5.41) is 5.93. The average Bonchev–Trinajstić information content (AvgIpc) is 3.29. The van der Waals surface area contributed by atoms with E-state index in [1.54, 1.807) is 16.8 Å². The molecule has 2 aromatic heterocycles. The quantitative estimate of drug-likeness (QED) is 0.696. The molecule has 2 fully saturated rings. The van der Waals surface area contributed by atoms with Gasteiger partial charge >= 0.3 is 6.03 Å². The molecule has 160 valence electrons. The molecule has 2 aliphatic rings. The van der Waals surface area contributed by atoms with Crippen LogP contribution in [0.1, 0.15) is 25.7 Å². The van der Waals surface area contributed by atoms with Gasteiger partial charge in [-0.1, -0.05) is 6.08 Å². The van der Waals surface area contributed by atoms with Gasteiger partial charge in [-0.25, -0.2) is 14.8 Å². The van der Waals surface area contributed by atoms with Crippen molar-refractivity contribution in [1.29, 1.82) is 0 Å². The van der Waals surface area contributed by atoms with E-state index in [1.807, 2.05) is 17.0 Å². The third kappa shape index (κ3) is 4.46. The number of carbonyl (C=O) groups excluding carboxylic acids is 1. The number of anilines is 1. The highest BCUT2D eigenvalue weighted by Gasteiger charge is 2.25. The van der Waals surface area contributed by atoms with Gasteiger partial charge in [0.15, 0.2) is 11.5 Å². The van der Waals surface area contributed by atoms with E-state index in [0.717, 1.165) is 32.3 Å². The SMILES string of the molecule is C=CCn1c(=O)c(N2CCC(NC(=O)NC[C@@H]3CCCO3)CC2)nc2cccnc21. The van der Waals surface area contributed by atoms with E-state index in [0.29, 0.717) is 43.2 Å². The number of hydrogen-bond acceptors (Lipinski definition) is 6. The zero-order valence-corrected chi connectivity index (χ0v) is 17.0. The number of amides is 2. The van der Waals surface area contributed by atoms with Crippen LogP contribution in [0, 0.1) is 0 Å². The molecule has 4 rings (SSSR count). The third-order valence-electron chi connectivity index (χ3n) is 5.64. The summed E-state index contributed by atoms with van der Waals surface area (Å²) >= 11 is 0. The van der Waals surface area contributed by atoms with Crippen molar-refractivity contribution in [2.24, 2.45) is 0 Å². The molecular formula is C21H28N6O3. The van der Waals surface area contributed by atoms with Crippen LogP contribution in [-0.2, 0) is 11.3 Å². The lowest BCUT2D eigenvalue weighted by atomic mass is 10.1. The van der Waals surface area contributed by atoms with Gasteiger partial charge in [-0.2, -0.15) is 0 Å². The average molecular weight is 412 g/mol. The van der Waals surface area contributed by atoms with Crippen LogP contribution in [0.2, 0.25) is 0 Å². The Balaban J connectivity index is 1.38. The minimum absolute atomic E-state index is 0.0725. The molecule has 30 heavy (non-hydrogen) atoms. The van der Waals surface area contributed by atoms with Gasteiger partial charge in [0.2, 0.25) is 0 Å². The number of aromatic nitrogens is 3. The van der Waals surface area contributed by atoms with Gasteiger partial charge < -0.3 is 20.3 Å². The van der Waals surface area contributed by atoms with E-state index in [9.17, 15) is 9.59 Å². The highest BCUT2D eigenvalue weighted by Crippen LogP contribution is 2.18. The van der Waals surface area contributed by atoms with E-state index >= 15 is 0 Å². The van der Waals surface area contributed by atoms with Crippen molar-refractivity contribution in [3.8, 4) is 0 Å². The van der Waals surface area contributed by atoms with E-state index in [1.165, 1.54) is 0 Å². The van der Waals surface area contributed by atoms with Gasteiger partial charge in [-0.15, -0.1) is 6.58 Å². The number of fused-ring (bicyclic) bond motifs is 1. The Morgan fingerprint density at radius 3 is 2.90 bits per heavy atom. The first-order valence-corrected chi connectivity index (χ1v) is 10.5. The molecule has 4 heterocycles. The number of nitrogens with one attached hydrogen (secondary N) is 2. The third-order valence-corrected chi connectivity index (χ3v) is 5.64. The molecular weight excluding hydrogens is 384 g/mol. The van der Waals surface area contributed by atoms with Gasteiger partial charge in [0.25, 0.3) is 5.56 Å². The maximum atomic E-state index is 13.0. The minimum Gasteiger partial charge on any atom is -0.376 e. The van der Waals surface area contributed by atoms with Crippen molar-refractivity contribution in [3.63, 3.8) is 0 Å². The monoisotopic (exact) mass is 412 g/mol. The minimum atomic E-state index is -0.165. The van der Waals surface area contributed by atoms with Crippen molar-refractivity contribution < 1.29 is 9.53 Å². The molecule has 9 nitrogen and oxygen atoms in total. The number of rotatable bonds is 6. The molecule has 0 spiro atoms. The van der Waals surface area contributed by atoms with Crippen molar-refractivity contribution in [3.05, 3.63) is 41.3 Å². The van der Waals surface area contributed by atoms with Crippen molar-refractivity contribution in [1.82, 2.24) is 25.2 Å². The van der Waals surface area contributed by atoms with Crippen LogP contribution in [-0.4, -0.2) is 59.0 Å². The summed E-state index contributed by atoms with van der Waals surface area (Å²) in [5.41, 5.74) is 1.08. The van der Waals surface area contributed by atoms with Crippen LogP contribution in [0.15, 0.2) is 35.8 Å². The van der Waals surface area contributed by atoms with Crippen LogP contribution in [0.25, 0.3) is 11.2 Å². The maximum absolute atomic E-state index is 13.0. The normalized spacial score (nSPS) is 19.7. The smallest absolute Gasteiger partial charge is 0.315 e. The Morgan fingerprint density at radius 2 is 2.17 bits per heavy atom. The summed E-state index contributed by atoms with van der Waals surface area (Å²) in [4.78, 5) is 36.1. The Hall–Kier alpha value is -2.94. The molecule has 0 radical (unpaired) electrons. The van der Waals surface area contributed by atoms with E-state index in [4.69, 9.17) is 4.74 Å². The molecule has 2 aromatic rings. The highest BCUT2D eigenvalue weighted by atomic mass is 16.5. The largest absolute Gasteiger partial charge is 0.376 e. The maximum Gasteiger partial charge on any atom is 0.315 e. The molecule has 2 saturated heterocycles. The summed E-state index contributed by atoms with van der Waals surface area (Å²) in [7, 11) is 0. The van der Waals surface area contributed by atoms with Gasteiger partial charge in [-0.05, 0) is 37.8 Å². The molecule has 0 unspecified atom stereocenters. The van der Waals surface area contributed by atoms with Crippen LogP contribution in [0.5, 0.6) is 0 Å². The number of allylic oxidation sites excluding steroid dienone is 1. The second-order valence-electron chi connectivity index (χ2n) is 7.74. The first-order valence-electron chi connectivity index (χ1n) is 10.5. The molecule has 9 heteroatoms. The number of urea groups is 1. The number of hydrogen-bond donors (Lipinski definition) is 2. The lowest BCUT2D eigenvalue weighted by Crippen LogP contribution is -2.50. The van der Waals surface area contributed by atoms with Gasteiger partial charge in [0, 0.05) is 45.0 Å². The zero-order chi connectivity index (χ0) is 20.9. The Bertz CT molecular complexity index is 961. The second-order valence-corrected chi connectivity index (χ2v) is 7.74. The van der Waals surface area contributed by atoms with Crippen molar-refractivity contribution in [2.75, 3.05) is 31.1 Å². The predicted molar refractivity (Wildman–Crippen MR) is 115 cm³/mol. The number of nitrogens with zero attached hydrogens (tertiary/aromatic N) is 4. The lowest BCUT2D eigenvalue weighted by Gasteiger charge is -2.33. The Kier molecular flexibility index (Phi) is 6.27. The van der Waals surface area contributed by atoms with Crippen LogP contribution in [0.4, 0.5) is 10.6 Å². The summed E-state index contributed by atoms with van der Waals surface area (Å²) < 4.78 is 7.13. The fourth-order valence-electron chi connectivity index (χ4n) is 4.05. The van der Waals surface area contributed by atoms with Crippen molar-refractivity contribution in [2.45, 2.75) is 44.4 Å². The van der Waals surface area contributed by atoms with Gasteiger partial charge in [-0.3, -0.25) is 9.36 Å². The first kappa shape index (κ1) is 20.3. The van der Waals surface area contributed by atoms with Gasteiger partial charge in [0.05, 0.1) is 6.10 Å². The fraction of sp³-hybridized carbons (Fsp3) is 0.524. The molecule has 1 atom stereocenters. The number of ether oxygens (including phenoxy) is 1. The summed E-state index contributed by atoms with van der Waals surface area (Å²) in [5.74, 6) is 0.429. The standard InChI is InChI=1S/C21H28N6O3/c1-2-10-27-18-17(6-3-9-22-18)25-19(20(27)28)26-11-7-15(8-12-26)24-21(29)23-14-16-5-4-13-30-16/h2-3,6,9,15-16H,1,4-5,7-8,10-14H2,(H2,23,24,29)/t16-/m0/s1. The van der Waals surface area contributed by atoms with Crippen molar-refractivity contribution >= 4 is 23.0 Å². The van der Waals surface area contributed by atoms with Crippen LogP contribution < -0.4 is 21.1 Å². The molecule has 0 saturated carbocycles. The van der Waals surface area contributed by atoms with E-state index < -0.39 is 0 Å². The summed E-state index contributed by atoms with van der Waals surface area (Å²) in [6, 6.07) is 3.58. The summed E-state index contributed by atoms with van der Waals surface area (Å²) in [6.45, 7) is 6.75. The predicted octanol–water partition coefficient (Wildman–Crippen LogP) is 1.42. The van der Waals surface area contributed by atoms with E-state index in [-0.39, 0.29) is 23.7 Å². The molecule has 2 N–H and O–H groups in total. The molecule has 0 aliphatic carbocycles. The molecule has 2 amide bonds. The highest BCUT2D eigenvalue weighted by molar-refractivity contribution is 5.74. The topological polar surface area (TPSA) is 101 Å². The molecule has 0 bridgehead atoms. The first-order chi connectivity index (χ1) is 14.7. The summed E-state index contributed by atoms with van der Waals surface area (Å²) in [6.07, 6.45) is 7.02.